The molecule has 0 aromatic carbocycles. The van der Waals surface area contributed by atoms with Crippen LogP contribution in [0.5, 0.6) is 0 Å². The van der Waals surface area contributed by atoms with Gasteiger partial charge in [0, 0.05) is 30.0 Å². The van der Waals surface area contributed by atoms with Crippen LogP contribution in [-0.2, 0) is 4.79 Å². The van der Waals surface area contributed by atoms with Crippen molar-refractivity contribution < 1.29 is 4.79 Å². The summed E-state index contributed by atoms with van der Waals surface area (Å²) in [7, 11) is 0. The van der Waals surface area contributed by atoms with Crippen LogP contribution >= 0.6 is 15.9 Å². The Morgan fingerprint density at radius 3 is 2.62 bits per heavy atom. The Bertz CT molecular complexity index is 180. The van der Waals surface area contributed by atoms with E-state index < -0.39 is 0 Å². The zero-order valence-corrected chi connectivity index (χ0v) is 9.78. The Balaban J connectivity index is 3.32. The summed E-state index contributed by atoms with van der Waals surface area (Å²) in [6.45, 7) is 8.96. The van der Waals surface area contributed by atoms with Crippen LogP contribution in [0, 0.1) is 0 Å². The molecule has 0 aromatic rings. The molecule has 0 unspecified atom stereocenters. The van der Waals surface area contributed by atoms with Gasteiger partial charge in [0.05, 0.1) is 0 Å². The molecule has 0 bridgehead atoms. The first-order chi connectivity index (χ1) is 6.02. The second-order valence-corrected chi connectivity index (χ2v) is 4.29. The molecule has 0 heterocycles. The number of nitrogens with one attached hydrogen (secondary N) is 2. The lowest BCUT2D eigenvalue weighted by atomic mass is 10.3. The Hall–Kier alpha value is -0.350. The molecule has 0 aliphatic rings. The van der Waals surface area contributed by atoms with Gasteiger partial charge in [-0.25, -0.2) is 0 Å². The van der Waals surface area contributed by atoms with Crippen molar-refractivity contribution in [1.29, 1.82) is 0 Å². The minimum absolute atomic E-state index is 0.0858. The van der Waals surface area contributed by atoms with Gasteiger partial charge in [0.25, 0.3) is 0 Å². The highest BCUT2D eigenvalue weighted by molar-refractivity contribution is 9.11. The van der Waals surface area contributed by atoms with Gasteiger partial charge in [-0.15, -0.1) is 0 Å². The van der Waals surface area contributed by atoms with E-state index in [4.69, 9.17) is 0 Å². The predicted molar refractivity (Wildman–Crippen MR) is 58.8 cm³/mol. The normalized spacial score (nSPS) is 10.2. The summed E-state index contributed by atoms with van der Waals surface area (Å²) in [5, 5.41) is 5.90. The molecule has 0 fully saturated rings. The Morgan fingerprint density at radius 1 is 1.54 bits per heavy atom. The van der Waals surface area contributed by atoms with Crippen molar-refractivity contribution in [2.24, 2.45) is 0 Å². The van der Waals surface area contributed by atoms with Crippen molar-refractivity contribution in [3.05, 3.63) is 11.1 Å². The quantitative estimate of drug-likeness (QED) is 0.698. The van der Waals surface area contributed by atoms with Crippen LogP contribution in [0.4, 0.5) is 0 Å². The third-order valence-corrected chi connectivity index (χ3v) is 1.58. The van der Waals surface area contributed by atoms with Crippen molar-refractivity contribution in [3.63, 3.8) is 0 Å². The molecule has 0 spiro atoms. The fourth-order valence-corrected chi connectivity index (χ4v) is 1.02. The first-order valence-electron chi connectivity index (χ1n) is 4.35. The molecule has 0 aromatic heterocycles. The number of halogens is 1. The molecular formula is C9H17BrN2O. The zero-order valence-electron chi connectivity index (χ0n) is 8.19. The van der Waals surface area contributed by atoms with Crippen molar-refractivity contribution in [1.82, 2.24) is 10.6 Å². The van der Waals surface area contributed by atoms with Gasteiger partial charge < -0.3 is 10.6 Å². The Labute approximate surface area is 88.1 Å². The number of carbonyl (C=O) groups is 1. The van der Waals surface area contributed by atoms with Gasteiger partial charge in [0.15, 0.2) is 0 Å². The van der Waals surface area contributed by atoms with Crippen LogP contribution in [0.2, 0.25) is 0 Å². The van der Waals surface area contributed by atoms with E-state index in [0.717, 1.165) is 4.48 Å². The number of amides is 1. The van der Waals surface area contributed by atoms with Crippen molar-refractivity contribution in [2.45, 2.75) is 26.3 Å². The minimum Gasteiger partial charge on any atom is -0.354 e. The average molecular weight is 249 g/mol. The largest absolute Gasteiger partial charge is 0.354 e. The van der Waals surface area contributed by atoms with Gasteiger partial charge in [0.2, 0.25) is 5.91 Å². The second kappa shape index (κ2) is 7.09. The van der Waals surface area contributed by atoms with E-state index in [-0.39, 0.29) is 11.9 Å². The minimum atomic E-state index is 0.0858. The highest BCUT2D eigenvalue weighted by Gasteiger charge is 2.01. The van der Waals surface area contributed by atoms with E-state index in [1.54, 1.807) is 0 Å². The standard InChI is InChI=1S/C9H17BrN2O/c1-7(2)12-9(13)4-5-11-6-8(3)10/h7,11H,3-6H2,1-2H3,(H,12,13). The molecule has 13 heavy (non-hydrogen) atoms. The van der Waals surface area contributed by atoms with Crippen LogP contribution < -0.4 is 10.6 Å². The fraction of sp³-hybridized carbons (Fsp3) is 0.667. The van der Waals surface area contributed by atoms with Crippen molar-refractivity contribution >= 4 is 21.8 Å². The first kappa shape index (κ1) is 12.7. The molecular weight excluding hydrogens is 232 g/mol. The van der Waals surface area contributed by atoms with Gasteiger partial charge in [-0.1, -0.05) is 22.5 Å². The van der Waals surface area contributed by atoms with Crippen LogP contribution in [0.1, 0.15) is 20.3 Å². The Morgan fingerprint density at radius 2 is 2.15 bits per heavy atom. The fourth-order valence-electron chi connectivity index (χ4n) is 0.820. The molecule has 0 aliphatic carbocycles. The molecule has 3 nitrogen and oxygen atoms in total. The SMILES string of the molecule is C=C(Br)CNCCC(=O)NC(C)C. The summed E-state index contributed by atoms with van der Waals surface area (Å²) >= 11 is 3.22. The van der Waals surface area contributed by atoms with Crippen LogP contribution in [0.3, 0.4) is 0 Å². The molecule has 0 rings (SSSR count). The third-order valence-electron chi connectivity index (χ3n) is 1.30. The van der Waals surface area contributed by atoms with E-state index in [9.17, 15) is 4.79 Å². The first-order valence-corrected chi connectivity index (χ1v) is 5.15. The van der Waals surface area contributed by atoms with E-state index in [2.05, 4.69) is 33.1 Å². The maximum Gasteiger partial charge on any atom is 0.221 e. The molecule has 1 amide bonds. The number of hydrogen-bond donors (Lipinski definition) is 2. The molecule has 2 N–H and O–H groups in total. The summed E-state index contributed by atoms with van der Waals surface area (Å²) in [4.78, 5) is 11.1. The third kappa shape index (κ3) is 9.56. The summed E-state index contributed by atoms with van der Waals surface area (Å²) in [5.41, 5.74) is 0. The molecule has 0 aliphatic heterocycles. The molecule has 4 heteroatoms. The summed E-state index contributed by atoms with van der Waals surface area (Å²) in [6, 6.07) is 0.221. The molecule has 0 atom stereocenters. The van der Waals surface area contributed by atoms with Gasteiger partial charge in [-0.05, 0) is 13.8 Å². The Kier molecular flexibility index (Phi) is 6.90. The number of carbonyl (C=O) groups excluding carboxylic acids is 1. The lowest BCUT2D eigenvalue weighted by Gasteiger charge is -2.08. The second-order valence-electron chi connectivity index (χ2n) is 3.17. The molecule has 0 radical (unpaired) electrons. The smallest absolute Gasteiger partial charge is 0.221 e. The number of rotatable bonds is 6. The highest BCUT2D eigenvalue weighted by Crippen LogP contribution is 1.96. The van der Waals surface area contributed by atoms with E-state index in [1.807, 2.05) is 13.8 Å². The predicted octanol–water partition coefficient (Wildman–Crippen LogP) is 1.40. The highest BCUT2D eigenvalue weighted by atomic mass is 79.9. The van der Waals surface area contributed by atoms with Gasteiger partial charge in [0.1, 0.15) is 0 Å². The van der Waals surface area contributed by atoms with Crippen molar-refractivity contribution in [2.75, 3.05) is 13.1 Å². The average Bonchev–Trinajstić information content (AvgIpc) is 1.96. The van der Waals surface area contributed by atoms with Gasteiger partial charge >= 0.3 is 0 Å². The molecule has 76 valence electrons. The summed E-state index contributed by atoms with van der Waals surface area (Å²) in [5.74, 6) is 0.0858. The summed E-state index contributed by atoms with van der Waals surface area (Å²) in [6.07, 6.45) is 0.512. The maximum absolute atomic E-state index is 11.1. The lowest BCUT2D eigenvalue weighted by Crippen LogP contribution is -2.32. The maximum atomic E-state index is 11.1. The zero-order chi connectivity index (χ0) is 10.3. The molecule has 0 saturated heterocycles. The monoisotopic (exact) mass is 248 g/mol. The van der Waals surface area contributed by atoms with E-state index >= 15 is 0 Å². The van der Waals surface area contributed by atoms with Crippen LogP contribution in [0.15, 0.2) is 11.1 Å². The topological polar surface area (TPSA) is 41.1 Å². The van der Waals surface area contributed by atoms with Crippen LogP contribution in [-0.4, -0.2) is 25.0 Å². The lowest BCUT2D eigenvalue weighted by molar-refractivity contribution is -0.121. The van der Waals surface area contributed by atoms with Gasteiger partial charge in [-0.3, -0.25) is 4.79 Å². The van der Waals surface area contributed by atoms with Crippen LogP contribution in [0.25, 0.3) is 0 Å². The van der Waals surface area contributed by atoms with E-state index in [0.29, 0.717) is 19.5 Å². The number of hydrogen-bond acceptors (Lipinski definition) is 2. The van der Waals surface area contributed by atoms with Crippen molar-refractivity contribution in [3.8, 4) is 0 Å². The van der Waals surface area contributed by atoms with E-state index in [1.165, 1.54) is 0 Å². The molecule has 0 saturated carbocycles. The van der Waals surface area contributed by atoms with Gasteiger partial charge in [-0.2, -0.15) is 0 Å². The summed E-state index contributed by atoms with van der Waals surface area (Å²) < 4.78 is 0.900.